The van der Waals surface area contributed by atoms with Gasteiger partial charge >= 0.3 is 0 Å². The van der Waals surface area contributed by atoms with Crippen molar-refractivity contribution in [1.82, 2.24) is 10.2 Å². The number of rotatable bonds is 8. The van der Waals surface area contributed by atoms with Crippen LogP contribution in [-0.2, 0) is 0 Å². The fourth-order valence-corrected chi connectivity index (χ4v) is 3.36. The molecule has 1 aliphatic heterocycles. The number of benzene rings is 2. The van der Waals surface area contributed by atoms with Gasteiger partial charge in [0.1, 0.15) is 11.6 Å². The van der Waals surface area contributed by atoms with Gasteiger partial charge in [-0.2, -0.15) is 0 Å². The molecule has 0 unspecified atom stereocenters. The van der Waals surface area contributed by atoms with Crippen molar-refractivity contribution in [2.75, 3.05) is 45.2 Å². The van der Waals surface area contributed by atoms with Crippen LogP contribution in [0.1, 0.15) is 33.6 Å². The summed E-state index contributed by atoms with van der Waals surface area (Å²) in [5.41, 5.74) is 0.724. The number of ketones is 1. The summed E-state index contributed by atoms with van der Waals surface area (Å²) in [4.78, 5) is 27.6. The molecule has 6 nitrogen and oxygen atoms in total. The Bertz CT molecular complexity index is 866. The van der Waals surface area contributed by atoms with Gasteiger partial charge in [0.2, 0.25) is 0 Å². The van der Waals surface area contributed by atoms with Crippen LogP contribution in [0.4, 0.5) is 10.1 Å². The lowest BCUT2D eigenvalue weighted by atomic mass is 10.0. The molecule has 1 amide bonds. The minimum Gasteiger partial charge on any atom is -0.497 e. The van der Waals surface area contributed by atoms with Gasteiger partial charge in [-0.3, -0.25) is 9.59 Å². The van der Waals surface area contributed by atoms with Crippen molar-refractivity contribution in [2.45, 2.75) is 12.8 Å². The van der Waals surface area contributed by atoms with Crippen LogP contribution in [0.3, 0.4) is 0 Å². The predicted molar refractivity (Wildman–Crippen MR) is 110 cm³/mol. The molecule has 0 spiro atoms. The fourth-order valence-electron chi connectivity index (χ4n) is 3.36. The van der Waals surface area contributed by atoms with Gasteiger partial charge in [-0.15, -0.1) is 0 Å². The summed E-state index contributed by atoms with van der Waals surface area (Å²) >= 11 is 0. The topological polar surface area (TPSA) is 70.7 Å². The van der Waals surface area contributed by atoms with E-state index in [-0.39, 0.29) is 11.3 Å². The van der Waals surface area contributed by atoms with E-state index in [9.17, 15) is 14.0 Å². The lowest BCUT2D eigenvalue weighted by Crippen LogP contribution is -2.43. The molecule has 0 saturated carbocycles. The number of hydrogen-bond acceptors (Lipinski definition) is 5. The third kappa shape index (κ3) is 5.62. The van der Waals surface area contributed by atoms with Crippen molar-refractivity contribution in [2.24, 2.45) is 0 Å². The Morgan fingerprint density at radius 1 is 1.14 bits per heavy atom. The molecule has 1 saturated heterocycles. The van der Waals surface area contributed by atoms with Crippen molar-refractivity contribution in [3.05, 3.63) is 59.4 Å². The molecular weight excluding hydrogens is 373 g/mol. The van der Waals surface area contributed by atoms with Crippen LogP contribution in [-0.4, -0.2) is 56.4 Å². The van der Waals surface area contributed by atoms with Gasteiger partial charge in [0, 0.05) is 44.2 Å². The van der Waals surface area contributed by atoms with Gasteiger partial charge in [0.05, 0.1) is 18.4 Å². The molecule has 7 heteroatoms. The second-order valence-corrected chi connectivity index (χ2v) is 6.96. The van der Waals surface area contributed by atoms with Crippen molar-refractivity contribution in [1.29, 1.82) is 0 Å². The Morgan fingerprint density at radius 2 is 1.90 bits per heavy atom. The van der Waals surface area contributed by atoms with Crippen LogP contribution in [0, 0.1) is 5.82 Å². The van der Waals surface area contributed by atoms with Crippen molar-refractivity contribution in [3.63, 3.8) is 0 Å². The second-order valence-electron chi connectivity index (χ2n) is 6.96. The molecule has 0 bridgehead atoms. The van der Waals surface area contributed by atoms with E-state index in [0.717, 1.165) is 45.2 Å². The second kappa shape index (κ2) is 10.1. The minimum atomic E-state index is -0.679. The van der Waals surface area contributed by atoms with E-state index in [1.54, 1.807) is 24.3 Å². The lowest BCUT2D eigenvalue weighted by Gasteiger charge is -2.26. The summed E-state index contributed by atoms with van der Waals surface area (Å²) in [5.74, 6) is -0.988. The first-order valence-electron chi connectivity index (χ1n) is 9.78. The number of piperazine rings is 1. The Kier molecular flexibility index (Phi) is 7.32. The van der Waals surface area contributed by atoms with Crippen LogP contribution < -0.4 is 15.4 Å². The Morgan fingerprint density at radius 3 is 2.62 bits per heavy atom. The first-order chi connectivity index (χ1) is 14.1. The summed E-state index contributed by atoms with van der Waals surface area (Å²) in [5, 5.41) is 5.97. The fraction of sp³-hybridized carbons (Fsp3) is 0.364. The molecule has 0 aromatic heterocycles. The van der Waals surface area contributed by atoms with Crippen LogP contribution >= 0.6 is 0 Å². The number of carbonyl (C=O) groups is 2. The maximum atomic E-state index is 14.2. The highest BCUT2D eigenvalue weighted by Crippen LogP contribution is 2.21. The number of anilines is 1. The van der Waals surface area contributed by atoms with Gasteiger partial charge < -0.3 is 20.3 Å². The number of ether oxygens (including phenoxy) is 1. The van der Waals surface area contributed by atoms with E-state index >= 15 is 0 Å². The van der Waals surface area contributed by atoms with Gasteiger partial charge in [0.15, 0.2) is 5.78 Å². The molecule has 1 heterocycles. The van der Waals surface area contributed by atoms with Gasteiger partial charge in [-0.25, -0.2) is 4.39 Å². The molecule has 2 aromatic rings. The predicted octanol–water partition coefficient (Wildman–Crippen LogP) is 2.95. The number of amides is 1. The maximum absolute atomic E-state index is 14.2. The first-order valence-corrected chi connectivity index (χ1v) is 9.78. The van der Waals surface area contributed by atoms with Gasteiger partial charge in [0.25, 0.3) is 5.91 Å². The van der Waals surface area contributed by atoms with E-state index in [1.807, 2.05) is 0 Å². The Balaban J connectivity index is 1.63. The van der Waals surface area contributed by atoms with Crippen LogP contribution in [0.25, 0.3) is 0 Å². The van der Waals surface area contributed by atoms with Crippen molar-refractivity contribution >= 4 is 17.4 Å². The van der Waals surface area contributed by atoms with E-state index in [0.29, 0.717) is 23.4 Å². The summed E-state index contributed by atoms with van der Waals surface area (Å²) in [6, 6.07) is 10.9. The lowest BCUT2D eigenvalue weighted by molar-refractivity contribution is 0.0974. The number of carbonyl (C=O) groups excluding carboxylic acids is 2. The standard InChI is InChI=1S/C22H26FN3O3/c1-29-16-8-9-17(19(23)15-16)22(28)25-20-6-3-2-5-18(20)21(27)7-4-12-26-13-10-24-11-14-26/h2-3,5-6,8-9,15,24H,4,7,10-14H2,1H3,(H,25,28). The van der Waals surface area contributed by atoms with Crippen LogP contribution in [0.5, 0.6) is 5.75 Å². The SMILES string of the molecule is COc1ccc(C(=O)Nc2ccccc2C(=O)CCCN2CCNCC2)c(F)c1. The highest BCUT2D eigenvalue weighted by molar-refractivity contribution is 6.09. The van der Waals surface area contributed by atoms with E-state index in [2.05, 4.69) is 15.5 Å². The van der Waals surface area contributed by atoms with Crippen molar-refractivity contribution in [3.8, 4) is 5.75 Å². The number of halogens is 1. The minimum absolute atomic E-state index is 0.0359. The Hall–Kier alpha value is -2.77. The third-order valence-electron chi connectivity index (χ3n) is 4.98. The number of para-hydroxylation sites is 1. The summed E-state index contributed by atoms with van der Waals surface area (Å²) < 4.78 is 19.1. The molecule has 2 N–H and O–H groups in total. The maximum Gasteiger partial charge on any atom is 0.258 e. The van der Waals surface area contributed by atoms with E-state index in [4.69, 9.17) is 4.74 Å². The molecule has 1 aliphatic rings. The third-order valence-corrected chi connectivity index (χ3v) is 4.98. The van der Waals surface area contributed by atoms with Crippen molar-refractivity contribution < 1.29 is 18.7 Å². The number of nitrogens with one attached hydrogen (secondary N) is 2. The summed E-state index contributed by atoms with van der Waals surface area (Å²) in [6.45, 7) is 4.82. The summed E-state index contributed by atoms with van der Waals surface area (Å²) in [6.07, 6.45) is 1.15. The zero-order valence-corrected chi connectivity index (χ0v) is 16.5. The quantitative estimate of drug-likeness (QED) is 0.668. The average molecular weight is 399 g/mol. The molecule has 0 atom stereocenters. The largest absolute Gasteiger partial charge is 0.497 e. The molecule has 0 aliphatic carbocycles. The molecule has 3 rings (SSSR count). The van der Waals surface area contributed by atoms with Gasteiger partial charge in [-0.1, -0.05) is 12.1 Å². The number of nitrogens with zero attached hydrogens (tertiary/aromatic N) is 1. The van der Waals surface area contributed by atoms with Gasteiger partial charge in [-0.05, 0) is 37.2 Å². The highest BCUT2D eigenvalue weighted by atomic mass is 19.1. The molecule has 154 valence electrons. The molecule has 29 heavy (non-hydrogen) atoms. The zero-order valence-electron chi connectivity index (χ0n) is 16.5. The highest BCUT2D eigenvalue weighted by Gasteiger charge is 2.17. The molecular formula is C22H26FN3O3. The number of hydrogen-bond donors (Lipinski definition) is 2. The molecule has 1 fully saturated rings. The van der Waals surface area contributed by atoms with Crippen LogP contribution in [0.15, 0.2) is 42.5 Å². The molecule has 2 aromatic carbocycles. The average Bonchev–Trinajstić information content (AvgIpc) is 2.74. The molecule has 0 radical (unpaired) electrons. The van der Waals surface area contributed by atoms with Crippen LogP contribution in [0.2, 0.25) is 0 Å². The van der Waals surface area contributed by atoms with E-state index < -0.39 is 11.7 Å². The normalized spacial score (nSPS) is 14.4. The van der Waals surface area contributed by atoms with E-state index in [1.165, 1.54) is 19.2 Å². The first kappa shape index (κ1) is 21.0. The summed E-state index contributed by atoms with van der Waals surface area (Å²) in [7, 11) is 1.43. The Labute approximate surface area is 170 Å². The zero-order chi connectivity index (χ0) is 20.6. The monoisotopic (exact) mass is 399 g/mol. The smallest absolute Gasteiger partial charge is 0.258 e. The number of Topliss-reactive ketones (excluding diaryl/α,β-unsaturated/α-hetero) is 1. The number of methoxy groups -OCH3 is 1.